The highest BCUT2D eigenvalue weighted by atomic mass is 35.5. The number of nitrogens with one attached hydrogen (secondary N) is 1. The van der Waals surface area contributed by atoms with E-state index in [9.17, 15) is 4.79 Å². The lowest BCUT2D eigenvalue weighted by Crippen LogP contribution is -2.43. The fraction of sp³-hybridized carbons (Fsp3) is 0.562. The first-order chi connectivity index (χ1) is 9.69. The zero-order valence-electron chi connectivity index (χ0n) is 12.7. The van der Waals surface area contributed by atoms with Crippen LogP contribution in [0.25, 0.3) is 0 Å². The van der Waals surface area contributed by atoms with Crippen molar-refractivity contribution in [2.24, 2.45) is 5.73 Å². The van der Waals surface area contributed by atoms with E-state index in [1.807, 2.05) is 24.3 Å². The Balaban J connectivity index is 0.00000220. The van der Waals surface area contributed by atoms with Crippen LogP contribution in [0, 0.1) is 0 Å². The first kappa shape index (κ1) is 18.0. The Morgan fingerprint density at radius 2 is 1.86 bits per heavy atom. The van der Waals surface area contributed by atoms with E-state index < -0.39 is 0 Å². The molecule has 1 aromatic carbocycles. The fourth-order valence-electron chi connectivity index (χ4n) is 2.67. The van der Waals surface area contributed by atoms with Gasteiger partial charge in [-0.15, -0.1) is 12.4 Å². The van der Waals surface area contributed by atoms with Crippen LogP contribution in [-0.2, 0) is 6.54 Å². The van der Waals surface area contributed by atoms with E-state index in [4.69, 9.17) is 5.73 Å². The first-order valence-electron chi connectivity index (χ1n) is 7.51. The molecule has 2 rings (SSSR count). The molecule has 1 aliphatic rings. The number of carbonyl (C=O) groups excluding carboxylic acids is 1. The Hall–Kier alpha value is -1.10. The SMILES string of the molecule is CC(CN1CCCCC1)NC(=O)c1ccc(CN)cc1.Cl. The Kier molecular flexibility index (Phi) is 7.72. The zero-order valence-corrected chi connectivity index (χ0v) is 13.5. The normalized spacial score (nSPS) is 16.9. The summed E-state index contributed by atoms with van der Waals surface area (Å²) in [7, 11) is 0. The second-order valence-electron chi connectivity index (χ2n) is 5.64. The molecule has 1 saturated heterocycles. The third kappa shape index (κ3) is 5.65. The lowest BCUT2D eigenvalue weighted by atomic mass is 10.1. The van der Waals surface area contributed by atoms with Crippen molar-refractivity contribution in [3.05, 3.63) is 35.4 Å². The number of carbonyl (C=O) groups is 1. The maximum absolute atomic E-state index is 12.1. The molecule has 1 aromatic rings. The molecule has 5 heteroatoms. The molecule has 1 heterocycles. The molecule has 0 saturated carbocycles. The second-order valence-corrected chi connectivity index (χ2v) is 5.64. The van der Waals surface area contributed by atoms with Crippen molar-refractivity contribution in [3.8, 4) is 0 Å². The van der Waals surface area contributed by atoms with Gasteiger partial charge in [0, 0.05) is 24.7 Å². The summed E-state index contributed by atoms with van der Waals surface area (Å²) in [5.74, 6) is -0.00178. The molecule has 118 valence electrons. The first-order valence-corrected chi connectivity index (χ1v) is 7.51. The number of hydrogen-bond donors (Lipinski definition) is 2. The largest absolute Gasteiger partial charge is 0.348 e. The van der Waals surface area contributed by atoms with Crippen molar-refractivity contribution in [1.29, 1.82) is 0 Å². The summed E-state index contributed by atoms with van der Waals surface area (Å²) in [6.45, 7) is 5.83. The summed E-state index contributed by atoms with van der Waals surface area (Å²) in [6, 6.07) is 7.67. The van der Waals surface area contributed by atoms with Crippen molar-refractivity contribution >= 4 is 18.3 Å². The Bertz CT molecular complexity index is 430. The number of nitrogens with two attached hydrogens (primary N) is 1. The van der Waals surface area contributed by atoms with Crippen LogP contribution >= 0.6 is 12.4 Å². The number of likely N-dealkylation sites (tertiary alicyclic amines) is 1. The molecule has 0 spiro atoms. The molecule has 1 atom stereocenters. The minimum atomic E-state index is -0.00178. The quantitative estimate of drug-likeness (QED) is 0.876. The van der Waals surface area contributed by atoms with Gasteiger partial charge in [-0.05, 0) is 50.6 Å². The van der Waals surface area contributed by atoms with Gasteiger partial charge in [-0.3, -0.25) is 4.79 Å². The summed E-state index contributed by atoms with van der Waals surface area (Å²) in [4.78, 5) is 14.6. The number of rotatable bonds is 5. The Morgan fingerprint density at radius 3 is 2.43 bits per heavy atom. The van der Waals surface area contributed by atoms with Crippen molar-refractivity contribution in [1.82, 2.24) is 10.2 Å². The van der Waals surface area contributed by atoms with E-state index in [0.717, 1.165) is 25.2 Å². The Labute approximate surface area is 133 Å². The van der Waals surface area contributed by atoms with E-state index in [0.29, 0.717) is 12.1 Å². The molecule has 3 N–H and O–H groups in total. The highest BCUT2D eigenvalue weighted by molar-refractivity contribution is 5.94. The molecule has 0 aromatic heterocycles. The standard InChI is InChI=1S/C16H25N3O.ClH/c1-13(12-19-9-3-2-4-10-19)18-16(20)15-7-5-14(11-17)6-8-15;/h5-8,13H,2-4,9-12,17H2,1H3,(H,18,20);1H. The van der Waals surface area contributed by atoms with Crippen molar-refractivity contribution in [2.45, 2.75) is 38.8 Å². The minimum Gasteiger partial charge on any atom is -0.348 e. The zero-order chi connectivity index (χ0) is 14.4. The summed E-state index contributed by atoms with van der Waals surface area (Å²) in [5, 5.41) is 3.07. The van der Waals surface area contributed by atoms with E-state index in [1.165, 1.54) is 19.3 Å². The average Bonchev–Trinajstić information content (AvgIpc) is 2.48. The number of piperidine rings is 1. The van der Waals surface area contributed by atoms with Gasteiger partial charge in [0.25, 0.3) is 5.91 Å². The number of amides is 1. The predicted molar refractivity (Wildman–Crippen MR) is 88.8 cm³/mol. The van der Waals surface area contributed by atoms with Crippen LogP contribution in [0.2, 0.25) is 0 Å². The van der Waals surface area contributed by atoms with Crippen molar-refractivity contribution in [2.75, 3.05) is 19.6 Å². The van der Waals surface area contributed by atoms with Crippen molar-refractivity contribution in [3.63, 3.8) is 0 Å². The second kappa shape index (κ2) is 9.03. The van der Waals surface area contributed by atoms with Gasteiger partial charge in [0.05, 0.1) is 0 Å². The molecule has 21 heavy (non-hydrogen) atoms. The van der Waals surface area contributed by atoms with E-state index in [1.54, 1.807) is 0 Å². The average molecular weight is 312 g/mol. The molecule has 1 aliphatic heterocycles. The van der Waals surface area contributed by atoms with Crippen LogP contribution in [0.5, 0.6) is 0 Å². The molecule has 0 bridgehead atoms. The summed E-state index contributed by atoms with van der Waals surface area (Å²) in [6.07, 6.45) is 3.90. The third-order valence-corrected chi connectivity index (χ3v) is 3.81. The molecule has 0 aliphatic carbocycles. The van der Waals surface area contributed by atoms with Gasteiger partial charge in [-0.1, -0.05) is 18.6 Å². The number of halogens is 1. The van der Waals surface area contributed by atoms with Gasteiger partial charge in [0.2, 0.25) is 0 Å². The fourth-order valence-corrected chi connectivity index (χ4v) is 2.67. The predicted octanol–water partition coefficient (Wildman–Crippen LogP) is 2.17. The topological polar surface area (TPSA) is 58.4 Å². The molecule has 0 radical (unpaired) electrons. The number of hydrogen-bond acceptors (Lipinski definition) is 3. The minimum absolute atomic E-state index is 0. The number of benzene rings is 1. The highest BCUT2D eigenvalue weighted by Gasteiger charge is 2.15. The summed E-state index contributed by atoms with van der Waals surface area (Å²) >= 11 is 0. The summed E-state index contributed by atoms with van der Waals surface area (Å²) in [5.41, 5.74) is 7.30. The smallest absolute Gasteiger partial charge is 0.251 e. The van der Waals surface area contributed by atoms with Crippen molar-refractivity contribution < 1.29 is 4.79 Å². The van der Waals surface area contributed by atoms with Crippen LogP contribution in [0.15, 0.2) is 24.3 Å². The molecular formula is C16H26ClN3O. The molecule has 4 nitrogen and oxygen atoms in total. The van der Waals surface area contributed by atoms with E-state index in [2.05, 4.69) is 17.1 Å². The van der Waals surface area contributed by atoms with Gasteiger partial charge in [0.15, 0.2) is 0 Å². The van der Waals surface area contributed by atoms with Gasteiger partial charge >= 0.3 is 0 Å². The highest BCUT2D eigenvalue weighted by Crippen LogP contribution is 2.09. The van der Waals surface area contributed by atoms with Gasteiger partial charge in [-0.25, -0.2) is 0 Å². The lowest BCUT2D eigenvalue weighted by molar-refractivity contribution is 0.0925. The maximum Gasteiger partial charge on any atom is 0.251 e. The molecule has 1 unspecified atom stereocenters. The Morgan fingerprint density at radius 1 is 1.24 bits per heavy atom. The van der Waals surface area contributed by atoms with Gasteiger partial charge < -0.3 is 16.0 Å². The molecule has 1 fully saturated rings. The number of nitrogens with zero attached hydrogens (tertiary/aromatic N) is 1. The maximum atomic E-state index is 12.1. The molecular weight excluding hydrogens is 286 g/mol. The lowest BCUT2D eigenvalue weighted by Gasteiger charge is -2.29. The van der Waals surface area contributed by atoms with E-state index in [-0.39, 0.29) is 24.4 Å². The van der Waals surface area contributed by atoms with Crippen LogP contribution in [0.1, 0.15) is 42.1 Å². The third-order valence-electron chi connectivity index (χ3n) is 3.81. The van der Waals surface area contributed by atoms with Crippen LogP contribution in [-0.4, -0.2) is 36.5 Å². The monoisotopic (exact) mass is 311 g/mol. The van der Waals surface area contributed by atoms with Crippen LogP contribution < -0.4 is 11.1 Å². The summed E-state index contributed by atoms with van der Waals surface area (Å²) < 4.78 is 0. The van der Waals surface area contributed by atoms with Crippen LogP contribution in [0.4, 0.5) is 0 Å². The van der Waals surface area contributed by atoms with E-state index >= 15 is 0 Å². The van der Waals surface area contributed by atoms with Gasteiger partial charge in [-0.2, -0.15) is 0 Å². The van der Waals surface area contributed by atoms with Crippen LogP contribution in [0.3, 0.4) is 0 Å². The molecule has 1 amide bonds. The van der Waals surface area contributed by atoms with Gasteiger partial charge in [0.1, 0.15) is 0 Å².